The lowest BCUT2D eigenvalue weighted by Crippen LogP contribution is -2.56. The number of carbonyl (C=O) groups is 5. The van der Waals surface area contributed by atoms with E-state index in [-0.39, 0.29) is 30.4 Å². The molecular formula is C35H47N3O5. The van der Waals surface area contributed by atoms with Gasteiger partial charge in [-0.3, -0.25) is 24.0 Å². The molecule has 2 amide bonds. The zero-order valence-corrected chi connectivity index (χ0v) is 26.9. The maximum Gasteiger partial charge on any atom is 0.255 e. The fraction of sp³-hybridized carbons (Fsp3) is 0.514. The van der Waals surface area contributed by atoms with E-state index in [1.807, 2.05) is 85.1 Å². The highest BCUT2D eigenvalue weighted by Crippen LogP contribution is 2.32. The van der Waals surface area contributed by atoms with Crippen molar-refractivity contribution in [2.75, 3.05) is 14.1 Å². The van der Waals surface area contributed by atoms with Crippen LogP contribution >= 0.6 is 0 Å². The second-order valence-electron chi connectivity index (χ2n) is 13.5. The number of amides is 2. The third kappa shape index (κ3) is 8.69. The molecule has 0 fully saturated rings. The van der Waals surface area contributed by atoms with Crippen molar-refractivity contribution in [2.45, 2.75) is 86.0 Å². The Kier molecular flexibility index (Phi) is 11.2. The lowest BCUT2D eigenvalue weighted by atomic mass is 9.82. The molecule has 0 bridgehead atoms. The van der Waals surface area contributed by atoms with Crippen molar-refractivity contribution in [1.29, 1.82) is 0 Å². The van der Waals surface area contributed by atoms with E-state index in [4.69, 9.17) is 0 Å². The normalized spacial score (nSPS) is 15.3. The summed E-state index contributed by atoms with van der Waals surface area (Å²) in [6.07, 6.45) is 0.386. The summed E-state index contributed by atoms with van der Waals surface area (Å²) >= 11 is 0. The van der Waals surface area contributed by atoms with Gasteiger partial charge < -0.3 is 15.1 Å². The van der Waals surface area contributed by atoms with Crippen LogP contribution in [0, 0.1) is 17.3 Å². The molecule has 0 aromatic heterocycles. The maximum absolute atomic E-state index is 13.6. The molecule has 232 valence electrons. The van der Waals surface area contributed by atoms with Crippen molar-refractivity contribution in [1.82, 2.24) is 15.1 Å². The van der Waals surface area contributed by atoms with Crippen molar-refractivity contribution < 1.29 is 24.0 Å². The summed E-state index contributed by atoms with van der Waals surface area (Å²) in [7, 11) is 4.00. The molecule has 1 aliphatic rings. The molecule has 0 saturated heterocycles. The number of nitrogens with one attached hydrogen (secondary N) is 1. The molecule has 1 aliphatic heterocycles. The first kappa shape index (κ1) is 33.8. The quantitative estimate of drug-likeness (QED) is 0.323. The summed E-state index contributed by atoms with van der Waals surface area (Å²) in [4.78, 5) is 69.7. The van der Waals surface area contributed by atoms with E-state index in [0.717, 1.165) is 17.7 Å². The van der Waals surface area contributed by atoms with Gasteiger partial charge >= 0.3 is 0 Å². The van der Waals surface area contributed by atoms with E-state index in [0.29, 0.717) is 18.5 Å². The summed E-state index contributed by atoms with van der Waals surface area (Å²) in [6, 6.07) is 13.6. The SMILES string of the molecule is CC(C)[C@H](CC(=O)[C@H](C)NC(=O)[C@@H](N1Cc2ccccc2C1=O)C(C)(C)C)C(=O)C(=O)CCc1ccc(CN(C)C)cc1. The van der Waals surface area contributed by atoms with E-state index in [1.54, 1.807) is 24.0 Å². The molecule has 2 aromatic carbocycles. The van der Waals surface area contributed by atoms with E-state index in [2.05, 4.69) is 10.2 Å². The van der Waals surface area contributed by atoms with Crippen molar-refractivity contribution in [3.05, 3.63) is 70.8 Å². The zero-order chi connectivity index (χ0) is 32.1. The van der Waals surface area contributed by atoms with Gasteiger partial charge in [-0.05, 0) is 61.5 Å². The number of hydrogen-bond donors (Lipinski definition) is 1. The fourth-order valence-electron chi connectivity index (χ4n) is 5.65. The summed E-state index contributed by atoms with van der Waals surface area (Å²) in [6.45, 7) is 12.0. The Hall–Kier alpha value is -3.65. The van der Waals surface area contributed by atoms with Crippen molar-refractivity contribution in [3.63, 3.8) is 0 Å². The highest BCUT2D eigenvalue weighted by molar-refractivity contribution is 6.38. The van der Waals surface area contributed by atoms with Crippen LogP contribution in [-0.2, 0) is 38.7 Å². The number of fused-ring (bicyclic) bond motifs is 1. The average molecular weight is 590 g/mol. The van der Waals surface area contributed by atoms with Gasteiger partial charge in [0.15, 0.2) is 11.6 Å². The predicted molar refractivity (Wildman–Crippen MR) is 167 cm³/mol. The molecule has 0 aliphatic carbocycles. The van der Waals surface area contributed by atoms with Gasteiger partial charge in [0.2, 0.25) is 11.7 Å². The van der Waals surface area contributed by atoms with E-state index in [1.165, 1.54) is 5.56 Å². The predicted octanol–water partition coefficient (Wildman–Crippen LogP) is 4.63. The molecule has 8 nitrogen and oxygen atoms in total. The fourth-order valence-corrected chi connectivity index (χ4v) is 5.65. The summed E-state index contributed by atoms with van der Waals surface area (Å²) in [5.74, 6) is -2.98. The highest BCUT2D eigenvalue weighted by atomic mass is 16.2. The van der Waals surface area contributed by atoms with Crippen LogP contribution < -0.4 is 5.32 Å². The Labute approximate surface area is 256 Å². The van der Waals surface area contributed by atoms with Gasteiger partial charge in [-0.2, -0.15) is 0 Å². The molecule has 0 saturated carbocycles. The van der Waals surface area contributed by atoms with Gasteiger partial charge in [-0.1, -0.05) is 77.1 Å². The zero-order valence-electron chi connectivity index (χ0n) is 26.9. The van der Waals surface area contributed by atoms with Crippen LogP contribution in [0.25, 0.3) is 0 Å². The van der Waals surface area contributed by atoms with Crippen LogP contribution in [0.4, 0.5) is 0 Å². The topological polar surface area (TPSA) is 104 Å². The minimum atomic E-state index is -0.887. The number of Topliss-reactive ketones (excluding diaryl/α,β-unsaturated/α-hetero) is 3. The monoisotopic (exact) mass is 589 g/mol. The smallest absolute Gasteiger partial charge is 0.255 e. The van der Waals surface area contributed by atoms with Gasteiger partial charge in [-0.15, -0.1) is 0 Å². The minimum Gasteiger partial charge on any atom is -0.345 e. The summed E-state index contributed by atoms with van der Waals surface area (Å²) in [5.41, 5.74) is 2.99. The molecule has 0 unspecified atom stereocenters. The van der Waals surface area contributed by atoms with Crippen LogP contribution in [0.2, 0.25) is 0 Å². The van der Waals surface area contributed by atoms with Crippen LogP contribution in [0.3, 0.4) is 0 Å². The standard InChI is InChI=1S/C35H47N3O5/c1-22(2)28(31(41)29(39)18-17-24-13-15-25(16-14-24)20-37(7)8)19-30(40)23(3)36-33(42)32(35(4,5)6)38-21-26-11-9-10-12-27(26)34(38)43/h9-16,22-23,28,32H,17-21H2,1-8H3,(H,36,42)/t23-,28-,32+/m0/s1. The third-order valence-electron chi connectivity index (χ3n) is 8.07. The number of benzene rings is 2. The molecule has 0 spiro atoms. The van der Waals surface area contributed by atoms with Crippen molar-refractivity contribution >= 4 is 29.2 Å². The Morgan fingerprint density at radius 2 is 1.53 bits per heavy atom. The van der Waals surface area contributed by atoms with Gasteiger partial charge in [0.1, 0.15) is 6.04 Å². The number of nitrogens with zero attached hydrogens (tertiary/aromatic N) is 2. The molecule has 1 heterocycles. The van der Waals surface area contributed by atoms with E-state index >= 15 is 0 Å². The van der Waals surface area contributed by atoms with Gasteiger partial charge in [0.25, 0.3) is 5.91 Å². The van der Waals surface area contributed by atoms with Crippen LogP contribution in [0.1, 0.15) is 81.4 Å². The highest BCUT2D eigenvalue weighted by Gasteiger charge is 2.43. The molecule has 43 heavy (non-hydrogen) atoms. The molecule has 0 radical (unpaired) electrons. The van der Waals surface area contributed by atoms with Crippen molar-refractivity contribution in [3.8, 4) is 0 Å². The minimum absolute atomic E-state index is 0.0784. The molecule has 8 heteroatoms. The van der Waals surface area contributed by atoms with E-state index < -0.39 is 40.9 Å². The van der Waals surface area contributed by atoms with Crippen molar-refractivity contribution in [2.24, 2.45) is 17.3 Å². The number of carbonyl (C=O) groups excluding carboxylic acids is 5. The molecule has 3 rings (SSSR count). The largest absolute Gasteiger partial charge is 0.345 e. The summed E-state index contributed by atoms with van der Waals surface area (Å²) < 4.78 is 0. The first-order valence-electron chi connectivity index (χ1n) is 15.1. The first-order valence-corrected chi connectivity index (χ1v) is 15.1. The second kappa shape index (κ2) is 14.2. The van der Waals surface area contributed by atoms with Crippen LogP contribution in [0.5, 0.6) is 0 Å². The Balaban J connectivity index is 1.61. The number of hydrogen-bond acceptors (Lipinski definition) is 6. The van der Waals surface area contributed by atoms with Gasteiger partial charge in [0, 0.05) is 37.4 Å². The van der Waals surface area contributed by atoms with Crippen LogP contribution in [0.15, 0.2) is 48.5 Å². The lowest BCUT2D eigenvalue weighted by Gasteiger charge is -2.37. The first-order chi connectivity index (χ1) is 20.1. The van der Waals surface area contributed by atoms with E-state index in [9.17, 15) is 24.0 Å². The van der Waals surface area contributed by atoms with Gasteiger partial charge in [-0.25, -0.2) is 0 Å². The molecule has 3 atom stereocenters. The Morgan fingerprint density at radius 3 is 2.09 bits per heavy atom. The average Bonchev–Trinajstić information content (AvgIpc) is 3.24. The van der Waals surface area contributed by atoms with Crippen LogP contribution in [-0.4, -0.2) is 65.1 Å². The number of aryl methyl sites for hydroxylation is 1. The lowest BCUT2D eigenvalue weighted by molar-refractivity contribution is -0.141. The second-order valence-corrected chi connectivity index (χ2v) is 13.5. The van der Waals surface area contributed by atoms with Gasteiger partial charge in [0.05, 0.1) is 6.04 Å². The molecular weight excluding hydrogens is 542 g/mol. The molecule has 2 aromatic rings. The Bertz CT molecular complexity index is 1340. The number of ketones is 3. The summed E-state index contributed by atoms with van der Waals surface area (Å²) in [5, 5.41) is 2.80. The molecule has 1 N–H and O–H groups in total. The maximum atomic E-state index is 13.6. The Morgan fingerprint density at radius 1 is 0.930 bits per heavy atom. The third-order valence-corrected chi connectivity index (χ3v) is 8.07. The number of rotatable bonds is 14.